The van der Waals surface area contributed by atoms with E-state index in [1.165, 1.54) is 6.21 Å². The van der Waals surface area contributed by atoms with Crippen LogP contribution in [0, 0.1) is 6.92 Å². The molecule has 3 rings (SSSR count). The number of benzene rings is 3. The van der Waals surface area contributed by atoms with Gasteiger partial charge in [-0.15, -0.1) is 0 Å². The van der Waals surface area contributed by atoms with Crippen LogP contribution in [0.25, 0.3) is 0 Å². The Balaban J connectivity index is 1.52. The van der Waals surface area contributed by atoms with Gasteiger partial charge in [0.05, 0.1) is 13.3 Å². The Bertz CT molecular complexity index is 1310. The van der Waals surface area contributed by atoms with E-state index >= 15 is 0 Å². The summed E-state index contributed by atoms with van der Waals surface area (Å²) in [5.74, 6) is -1.12. The largest absolute Gasteiger partial charge is 0.497 e. The van der Waals surface area contributed by atoms with Crippen LogP contribution in [0.1, 0.15) is 16.7 Å². The molecule has 0 aromatic heterocycles. The van der Waals surface area contributed by atoms with E-state index < -0.39 is 11.8 Å². The number of methoxy groups -OCH3 is 1. The van der Waals surface area contributed by atoms with Crippen molar-refractivity contribution in [3.8, 4) is 11.5 Å². The highest BCUT2D eigenvalue weighted by atomic mass is 79.9. The van der Waals surface area contributed by atoms with Gasteiger partial charge in [-0.2, -0.15) is 5.10 Å². The van der Waals surface area contributed by atoms with Gasteiger partial charge >= 0.3 is 11.8 Å². The van der Waals surface area contributed by atoms with Gasteiger partial charge in [-0.1, -0.05) is 45.7 Å². The van der Waals surface area contributed by atoms with E-state index in [1.807, 2.05) is 6.92 Å². The summed E-state index contributed by atoms with van der Waals surface area (Å²) < 4.78 is 11.4. The second-order valence-corrected chi connectivity index (χ2v) is 9.04. The Morgan fingerprint density at radius 3 is 2.49 bits per heavy atom. The molecule has 0 saturated heterocycles. The van der Waals surface area contributed by atoms with Gasteiger partial charge < -0.3 is 20.1 Å². The van der Waals surface area contributed by atoms with Crippen molar-refractivity contribution in [3.63, 3.8) is 0 Å². The number of nitrogens with zero attached hydrogens (tertiary/aromatic N) is 1. The number of carbonyl (C=O) groups excluding carboxylic acids is 3. The zero-order valence-electron chi connectivity index (χ0n) is 20.0. The first-order valence-corrected chi connectivity index (χ1v) is 12.1. The molecule has 0 heterocycles. The lowest BCUT2D eigenvalue weighted by atomic mass is 10.2. The first kappa shape index (κ1) is 27.7. The van der Waals surface area contributed by atoms with Crippen molar-refractivity contribution in [1.82, 2.24) is 10.7 Å². The minimum atomic E-state index is -0.932. The minimum absolute atomic E-state index is 0.167. The molecule has 3 aromatic carbocycles. The summed E-state index contributed by atoms with van der Waals surface area (Å²) in [7, 11) is 1.56. The van der Waals surface area contributed by atoms with Gasteiger partial charge in [0.25, 0.3) is 5.91 Å². The first-order valence-electron chi connectivity index (χ1n) is 11.0. The standard InChI is InChI=1S/C26H24BrClN4O5/c1-16-3-7-20(12-22(16)28)31-24(33)15-37-23-10-6-19(27)11-18(23)14-30-32-26(35)25(34)29-13-17-4-8-21(36-2)9-5-17/h3-12,14H,13,15H2,1-2H3,(H,29,34)(H,31,33)(H,32,35)/b30-14-. The van der Waals surface area contributed by atoms with Gasteiger partial charge in [0.1, 0.15) is 11.5 Å². The van der Waals surface area contributed by atoms with Crippen molar-refractivity contribution in [2.24, 2.45) is 5.10 Å². The normalized spacial score (nSPS) is 10.6. The van der Waals surface area contributed by atoms with Crippen molar-refractivity contribution in [2.75, 3.05) is 19.0 Å². The number of hydrogen-bond acceptors (Lipinski definition) is 6. The van der Waals surface area contributed by atoms with E-state index in [9.17, 15) is 14.4 Å². The van der Waals surface area contributed by atoms with Crippen LogP contribution in [0.3, 0.4) is 0 Å². The summed E-state index contributed by atoms with van der Waals surface area (Å²) in [6.45, 7) is 1.76. The molecule has 192 valence electrons. The number of nitrogens with one attached hydrogen (secondary N) is 3. The van der Waals surface area contributed by atoms with Gasteiger partial charge in [-0.25, -0.2) is 5.43 Å². The number of carbonyl (C=O) groups is 3. The van der Waals surface area contributed by atoms with Gasteiger partial charge in [-0.3, -0.25) is 14.4 Å². The fourth-order valence-electron chi connectivity index (χ4n) is 2.98. The average Bonchev–Trinajstić information content (AvgIpc) is 2.89. The van der Waals surface area contributed by atoms with E-state index in [0.717, 1.165) is 15.6 Å². The molecule has 0 aliphatic rings. The van der Waals surface area contributed by atoms with Crippen molar-refractivity contribution >= 4 is 57.2 Å². The minimum Gasteiger partial charge on any atom is -0.497 e. The second-order valence-electron chi connectivity index (χ2n) is 7.71. The first-order chi connectivity index (χ1) is 17.7. The molecule has 0 unspecified atom stereocenters. The molecule has 0 atom stereocenters. The Kier molecular flexibility index (Phi) is 10.0. The van der Waals surface area contributed by atoms with Crippen molar-refractivity contribution in [2.45, 2.75) is 13.5 Å². The van der Waals surface area contributed by atoms with Crippen LogP contribution in [-0.2, 0) is 20.9 Å². The molecule has 0 aliphatic carbocycles. The molecule has 9 nitrogen and oxygen atoms in total. The fourth-order valence-corrected chi connectivity index (χ4v) is 3.54. The van der Waals surface area contributed by atoms with Crippen molar-refractivity contribution in [3.05, 3.63) is 86.8 Å². The highest BCUT2D eigenvalue weighted by molar-refractivity contribution is 9.10. The highest BCUT2D eigenvalue weighted by Gasteiger charge is 2.13. The van der Waals surface area contributed by atoms with Gasteiger partial charge in [0.2, 0.25) is 0 Å². The zero-order valence-corrected chi connectivity index (χ0v) is 22.4. The predicted octanol–water partition coefficient (Wildman–Crippen LogP) is 4.20. The fraction of sp³-hybridized carbons (Fsp3) is 0.154. The molecule has 0 fully saturated rings. The number of hydrazone groups is 1. The Labute approximate surface area is 227 Å². The Morgan fingerprint density at radius 1 is 1.03 bits per heavy atom. The molecule has 0 radical (unpaired) electrons. The zero-order chi connectivity index (χ0) is 26.8. The molecule has 0 spiro atoms. The molecular formula is C26H24BrClN4O5. The topological polar surface area (TPSA) is 118 Å². The lowest BCUT2D eigenvalue weighted by Crippen LogP contribution is -2.37. The predicted molar refractivity (Wildman–Crippen MR) is 145 cm³/mol. The van der Waals surface area contributed by atoms with E-state index in [1.54, 1.807) is 67.8 Å². The number of rotatable bonds is 9. The van der Waals surface area contributed by atoms with Crippen LogP contribution in [0.4, 0.5) is 5.69 Å². The van der Waals surface area contributed by atoms with Crippen LogP contribution in [-0.4, -0.2) is 37.7 Å². The maximum Gasteiger partial charge on any atom is 0.329 e. The Hall–Kier alpha value is -3.89. The lowest BCUT2D eigenvalue weighted by molar-refractivity contribution is -0.139. The highest BCUT2D eigenvalue weighted by Crippen LogP contribution is 2.23. The average molecular weight is 588 g/mol. The Morgan fingerprint density at radius 2 is 1.78 bits per heavy atom. The van der Waals surface area contributed by atoms with Gasteiger partial charge in [-0.05, 0) is 60.5 Å². The molecule has 0 saturated carbocycles. The molecule has 0 bridgehead atoms. The lowest BCUT2D eigenvalue weighted by Gasteiger charge is -2.11. The summed E-state index contributed by atoms with van der Waals surface area (Å²) in [6.07, 6.45) is 1.31. The third-order valence-electron chi connectivity index (χ3n) is 4.97. The summed E-state index contributed by atoms with van der Waals surface area (Å²) in [6, 6.07) is 17.3. The SMILES string of the molecule is COc1ccc(CNC(=O)C(=O)N/N=C\c2cc(Br)ccc2OCC(=O)Nc2ccc(C)c(Cl)c2)cc1. The molecule has 11 heteroatoms. The molecule has 3 N–H and O–H groups in total. The smallest absolute Gasteiger partial charge is 0.329 e. The van der Waals surface area contributed by atoms with Crippen LogP contribution < -0.4 is 25.5 Å². The molecule has 37 heavy (non-hydrogen) atoms. The number of aryl methyl sites for hydroxylation is 1. The monoisotopic (exact) mass is 586 g/mol. The molecule has 3 aromatic rings. The summed E-state index contributed by atoms with van der Waals surface area (Å²) in [4.78, 5) is 36.4. The summed E-state index contributed by atoms with van der Waals surface area (Å²) >= 11 is 9.45. The summed E-state index contributed by atoms with van der Waals surface area (Å²) in [5, 5.41) is 9.61. The van der Waals surface area contributed by atoms with Gasteiger partial charge in [0, 0.05) is 27.3 Å². The third kappa shape index (κ3) is 8.62. The second kappa shape index (κ2) is 13.4. The number of halogens is 2. The van der Waals surface area contributed by atoms with Crippen molar-refractivity contribution in [1.29, 1.82) is 0 Å². The van der Waals surface area contributed by atoms with Crippen LogP contribution in [0.15, 0.2) is 70.2 Å². The van der Waals surface area contributed by atoms with Crippen LogP contribution >= 0.6 is 27.5 Å². The van der Waals surface area contributed by atoms with Crippen LogP contribution in [0.5, 0.6) is 11.5 Å². The van der Waals surface area contributed by atoms with E-state index in [2.05, 4.69) is 37.1 Å². The van der Waals surface area contributed by atoms with Crippen molar-refractivity contribution < 1.29 is 23.9 Å². The molecular weight excluding hydrogens is 564 g/mol. The quantitative estimate of drug-likeness (QED) is 0.197. The van der Waals surface area contributed by atoms with E-state index in [4.69, 9.17) is 21.1 Å². The maximum absolute atomic E-state index is 12.3. The molecule has 3 amide bonds. The number of anilines is 1. The maximum atomic E-state index is 12.3. The molecule has 0 aliphatic heterocycles. The third-order valence-corrected chi connectivity index (χ3v) is 5.87. The van der Waals surface area contributed by atoms with Crippen LogP contribution in [0.2, 0.25) is 5.02 Å². The summed E-state index contributed by atoms with van der Waals surface area (Å²) in [5.41, 5.74) is 4.90. The number of ether oxygens (including phenoxy) is 2. The van der Waals surface area contributed by atoms with Gasteiger partial charge in [0.15, 0.2) is 6.61 Å². The van der Waals surface area contributed by atoms with E-state index in [0.29, 0.717) is 27.8 Å². The number of amides is 3. The number of hydrogen-bond donors (Lipinski definition) is 3. The van der Waals surface area contributed by atoms with E-state index in [-0.39, 0.29) is 19.1 Å².